The lowest BCUT2D eigenvalue weighted by atomic mass is 10.3. The van der Waals surface area contributed by atoms with Crippen molar-refractivity contribution in [1.82, 2.24) is 0 Å². The molecule has 72 valence electrons. The van der Waals surface area contributed by atoms with Gasteiger partial charge in [0.05, 0.1) is 6.10 Å². The second kappa shape index (κ2) is 4.05. The highest BCUT2D eigenvalue weighted by Gasteiger charge is 2.11. The molecule has 0 saturated heterocycles. The normalized spacial score (nSPS) is 10.6. The van der Waals surface area contributed by atoms with Crippen molar-refractivity contribution in [3.63, 3.8) is 0 Å². The molecule has 13 heavy (non-hydrogen) atoms. The Morgan fingerprint density at radius 2 is 1.92 bits per heavy atom. The molecule has 1 aromatic carbocycles. The zero-order valence-corrected chi connectivity index (χ0v) is 8.86. The number of halogens is 3. The van der Waals surface area contributed by atoms with Crippen molar-refractivity contribution >= 4 is 15.9 Å². The van der Waals surface area contributed by atoms with E-state index in [1.807, 2.05) is 0 Å². The molecule has 0 aromatic heterocycles. The van der Waals surface area contributed by atoms with Crippen LogP contribution in [0.4, 0.5) is 8.78 Å². The molecule has 0 aliphatic heterocycles. The lowest BCUT2D eigenvalue weighted by molar-refractivity contribution is 0.227. The molecule has 0 unspecified atom stereocenters. The van der Waals surface area contributed by atoms with E-state index in [1.165, 1.54) is 6.07 Å². The second-order valence-electron chi connectivity index (χ2n) is 2.87. The van der Waals surface area contributed by atoms with Crippen molar-refractivity contribution in [2.75, 3.05) is 0 Å². The van der Waals surface area contributed by atoms with Gasteiger partial charge < -0.3 is 4.74 Å². The first-order valence-corrected chi connectivity index (χ1v) is 4.61. The lowest BCUT2D eigenvalue weighted by Gasteiger charge is -2.10. The molecule has 4 heteroatoms. The smallest absolute Gasteiger partial charge is 0.200 e. The fourth-order valence-electron chi connectivity index (χ4n) is 0.872. The van der Waals surface area contributed by atoms with Crippen molar-refractivity contribution in [3.05, 3.63) is 28.2 Å². The van der Waals surface area contributed by atoms with Gasteiger partial charge in [0, 0.05) is 4.47 Å². The second-order valence-corrected chi connectivity index (χ2v) is 3.78. The molecule has 0 spiro atoms. The summed E-state index contributed by atoms with van der Waals surface area (Å²) in [5.74, 6) is -1.93. The van der Waals surface area contributed by atoms with E-state index in [9.17, 15) is 8.78 Å². The van der Waals surface area contributed by atoms with Crippen molar-refractivity contribution in [1.29, 1.82) is 0 Å². The van der Waals surface area contributed by atoms with Gasteiger partial charge >= 0.3 is 0 Å². The SMILES string of the molecule is CC(C)Oc1cc(Br)cc(F)c1F. The van der Waals surface area contributed by atoms with E-state index in [4.69, 9.17) is 4.74 Å². The molecule has 0 amide bonds. The van der Waals surface area contributed by atoms with Crippen LogP contribution in [-0.2, 0) is 0 Å². The van der Waals surface area contributed by atoms with Crippen LogP contribution in [-0.4, -0.2) is 6.10 Å². The molecule has 1 aromatic rings. The summed E-state index contributed by atoms with van der Waals surface area (Å²) < 4.78 is 31.3. The van der Waals surface area contributed by atoms with Crippen LogP contribution in [0.25, 0.3) is 0 Å². The maximum absolute atomic E-state index is 13.0. The van der Waals surface area contributed by atoms with Gasteiger partial charge in [-0.25, -0.2) is 4.39 Å². The third-order valence-electron chi connectivity index (χ3n) is 1.32. The Morgan fingerprint density at radius 1 is 1.31 bits per heavy atom. The first-order valence-electron chi connectivity index (χ1n) is 3.82. The minimum Gasteiger partial charge on any atom is -0.488 e. The van der Waals surface area contributed by atoms with Gasteiger partial charge in [-0.1, -0.05) is 15.9 Å². The van der Waals surface area contributed by atoms with E-state index >= 15 is 0 Å². The summed E-state index contributed by atoms with van der Waals surface area (Å²) in [6.07, 6.45) is -0.178. The van der Waals surface area contributed by atoms with Crippen molar-refractivity contribution < 1.29 is 13.5 Å². The molecule has 1 nitrogen and oxygen atoms in total. The largest absolute Gasteiger partial charge is 0.488 e. The third kappa shape index (κ3) is 2.66. The van der Waals surface area contributed by atoms with Crippen molar-refractivity contribution in [2.45, 2.75) is 20.0 Å². The number of hydrogen-bond acceptors (Lipinski definition) is 1. The molecule has 0 N–H and O–H groups in total. The fourth-order valence-corrected chi connectivity index (χ4v) is 1.28. The highest BCUT2D eigenvalue weighted by molar-refractivity contribution is 9.10. The average Bonchev–Trinajstić information content (AvgIpc) is 1.98. The summed E-state index contributed by atoms with van der Waals surface area (Å²) in [7, 11) is 0. The van der Waals surface area contributed by atoms with Gasteiger partial charge in [-0.15, -0.1) is 0 Å². The van der Waals surface area contributed by atoms with Crippen molar-refractivity contribution in [3.8, 4) is 5.75 Å². The molecular formula is C9H9BrF2O. The molecule has 0 fully saturated rings. The highest BCUT2D eigenvalue weighted by atomic mass is 79.9. The van der Waals surface area contributed by atoms with Crippen LogP contribution in [0.5, 0.6) is 5.75 Å². The number of benzene rings is 1. The van der Waals surface area contributed by atoms with E-state index in [0.717, 1.165) is 6.07 Å². The summed E-state index contributed by atoms with van der Waals surface area (Å²) in [4.78, 5) is 0. The van der Waals surface area contributed by atoms with E-state index in [1.54, 1.807) is 13.8 Å². The van der Waals surface area contributed by atoms with Gasteiger partial charge in [0.15, 0.2) is 11.6 Å². The Bertz CT molecular complexity index is 313. The van der Waals surface area contributed by atoms with Gasteiger partial charge in [0.25, 0.3) is 0 Å². The summed E-state index contributed by atoms with van der Waals surface area (Å²) in [6.45, 7) is 3.50. The minimum atomic E-state index is -0.947. The predicted molar refractivity (Wildman–Crippen MR) is 49.8 cm³/mol. The van der Waals surface area contributed by atoms with Crippen LogP contribution >= 0.6 is 15.9 Å². The Morgan fingerprint density at radius 3 is 2.46 bits per heavy atom. The van der Waals surface area contributed by atoms with Crippen LogP contribution in [0.15, 0.2) is 16.6 Å². The van der Waals surface area contributed by atoms with Gasteiger partial charge in [-0.2, -0.15) is 4.39 Å². The Labute approximate surface area is 83.8 Å². The zero-order valence-electron chi connectivity index (χ0n) is 7.27. The molecule has 0 saturated carbocycles. The highest BCUT2D eigenvalue weighted by Crippen LogP contribution is 2.25. The lowest BCUT2D eigenvalue weighted by Crippen LogP contribution is -2.07. The monoisotopic (exact) mass is 250 g/mol. The molecule has 0 bridgehead atoms. The zero-order chi connectivity index (χ0) is 10.0. The van der Waals surface area contributed by atoms with Gasteiger partial charge in [-0.3, -0.25) is 0 Å². The molecule has 0 aliphatic carbocycles. The summed E-state index contributed by atoms with van der Waals surface area (Å²) >= 11 is 3.05. The first-order chi connectivity index (χ1) is 6.00. The Balaban J connectivity index is 3.05. The number of rotatable bonds is 2. The number of ether oxygens (including phenoxy) is 1. The van der Waals surface area contributed by atoms with Crippen molar-refractivity contribution in [2.24, 2.45) is 0 Å². The first kappa shape index (κ1) is 10.4. The van der Waals surface area contributed by atoms with Crippen LogP contribution in [0.3, 0.4) is 0 Å². The molecular weight excluding hydrogens is 242 g/mol. The third-order valence-corrected chi connectivity index (χ3v) is 1.78. The van der Waals surface area contributed by atoms with Gasteiger partial charge in [0.1, 0.15) is 0 Å². The van der Waals surface area contributed by atoms with E-state index in [-0.39, 0.29) is 11.9 Å². The maximum atomic E-state index is 13.0. The average molecular weight is 251 g/mol. The van der Waals surface area contributed by atoms with E-state index in [0.29, 0.717) is 4.47 Å². The molecule has 0 aliphatic rings. The molecule has 0 atom stereocenters. The van der Waals surface area contributed by atoms with Crippen LogP contribution in [0.2, 0.25) is 0 Å². The summed E-state index contributed by atoms with van der Waals surface area (Å²) in [5.41, 5.74) is 0. The standard InChI is InChI=1S/C9H9BrF2O/c1-5(2)13-8-4-6(10)3-7(11)9(8)12/h3-5H,1-2H3. The van der Waals surface area contributed by atoms with Crippen LogP contribution in [0.1, 0.15) is 13.8 Å². The Hall–Kier alpha value is -0.640. The van der Waals surface area contributed by atoms with Gasteiger partial charge in [0.2, 0.25) is 5.82 Å². The predicted octanol–water partition coefficient (Wildman–Crippen LogP) is 3.51. The Kier molecular flexibility index (Phi) is 3.25. The van der Waals surface area contributed by atoms with E-state index < -0.39 is 11.6 Å². The maximum Gasteiger partial charge on any atom is 0.200 e. The number of hydrogen-bond donors (Lipinski definition) is 0. The summed E-state index contributed by atoms with van der Waals surface area (Å²) in [5, 5.41) is 0. The summed E-state index contributed by atoms with van der Waals surface area (Å²) in [6, 6.07) is 2.46. The molecule has 1 rings (SSSR count). The minimum absolute atomic E-state index is 0.0677. The van der Waals surface area contributed by atoms with Crippen LogP contribution < -0.4 is 4.74 Å². The topological polar surface area (TPSA) is 9.23 Å². The molecule has 0 heterocycles. The van der Waals surface area contributed by atoms with E-state index in [2.05, 4.69) is 15.9 Å². The fraction of sp³-hybridized carbons (Fsp3) is 0.333. The van der Waals surface area contributed by atoms with Crippen LogP contribution in [0, 0.1) is 11.6 Å². The van der Waals surface area contributed by atoms with Gasteiger partial charge in [-0.05, 0) is 26.0 Å². The molecule has 0 radical (unpaired) electrons. The quantitative estimate of drug-likeness (QED) is 0.731.